The highest BCUT2D eigenvalue weighted by Crippen LogP contribution is 2.26. The lowest BCUT2D eigenvalue weighted by atomic mass is 10.1. The molecule has 1 aromatic heterocycles. The van der Waals surface area contributed by atoms with Gasteiger partial charge in [0.15, 0.2) is 0 Å². The molecule has 0 aliphatic carbocycles. The zero-order chi connectivity index (χ0) is 14.5. The molecule has 4 heteroatoms. The van der Waals surface area contributed by atoms with Crippen LogP contribution < -0.4 is 10.6 Å². The molecule has 2 rings (SSSR count). The fourth-order valence-corrected chi connectivity index (χ4v) is 2.26. The highest BCUT2D eigenvalue weighted by atomic mass is 15.1. The van der Waals surface area contributed by atoms with Crippen molar-refractivity contribution in [2.75, 3.05) is 17.2 Å². The fourth-order valence-electron chi connectivity index (χ4n) is 2.26. The van der Waals surface area contributed by atoms with Crippen LogP contribution in [0.1, 0.15) is 30.5 Å². The summed E-state index contributed by atoms with van der Waals surface area (Å²) in [5.74, 6) is 1.79. The van der Waals surface area contributed by atoms with Crippen molar-refractivity contribution in [1.29, 1.82) is 0 Å². The molecule has 0 amide bonds. The van der Waals surface area contributed by atoms with Crippen LogP contribution in [0.15, 0.2) is 24.5 Å². The minimum absolute atomic E-state index is 0.854. The fraction of sp³-hybridized carbons (Fsp3) is 0.375. The minimum Gasteiger partial charge on any atom is -0.370 e. The van der Waals surface area contributed by atoms with Crippen LogP contribution in [0.3, 0.4) is 0 Å². The second-order valence-electron chi connectivity index (χ2n) is 4.88. The summed E-state index contributed by atoms with van der Waals surface area (Å²) in [4.78, 5) is 8.70. The average Bonchev–Trinajstić information content (AvgIpc) is 2.42. The minimum atomic E-state index is 0.854. The van der Waals surface area contributed by atoms with Gasteiger partial charge < -0.3 is 10.6 Å². The molecule has 0 fully saturated rings. The number of nitrogens with one attached hydrogen (secondary N) is 2. The third-order valence-corrected chi connectivity index (χ3v) is 3.28. The molecule has 0 aliphatic rings. The van der Waals surface area contributed by atoms with Crippen LogP contribution in [0, 0.1) is 13.8 Å². The van der Waals surface area contributed by atoms with E-state index in [4.69, 9.17) is 0 Å². The quantitative estimate of drug-likeness (QED) is 0.867. The second-order valence-corrected chi connectivity index (χ2v) is 4.88. The van der Waals surface area contributed by atoms with E-state index in [1.165, 1.54) is 11.1 Å². The van der Waals surface area contributed by atoms with Gasteiger partial charge in [0.1, 0.15) is 18.0 Å². The van der Waals surface area contributed by atoms with Gasteiger partial charge in [0, 0.05) is 17.8 Å². The molecule has 0 saturated carbocycles. The third-order valence-electron chi connectivity index (χ3n) is 3.28. The second kappa shape index (κ2) is 6.37. The van der Waals surface area contributed by atoms with Crippen LogP contribution >= 0.6 is 0 Å². The Balaban J connectivity index is 2.35. The summed E-state index contributed by atoms with van der Waals surface area (Å²) >= 11 is 0. The van der Waals surface area contributed by atoms with Crippen LogP contribution in [0.4, 0.5) is 17.3 Å². The van der Waals surface area contributed by atoms with E-state index in [0.717, 1.165) is 35.9 Å². The van der Waals surface area contributed by atoms with Crippen LogP contribution in [-0.2, 0) is 6.42 Å². The molecule has 0 aliphatic heterocycles. The van der Waals surface area contributed by atoms with Crippen LogP contribution in [0.25, 0.3) is 0 Å². The Labute approximate surface area is 120 Å². The Morgan fingerprint density at radius 2 is 1.80 bits per heavy atom. The first-order valence-corrected chi connectivity index (χ1v) is 7.07. The molecule has 4 nitrogen and oxygen atoms in total. The van der Waals surface area contributed by atoms with E-state index in [1.807, 2.05) is 0 Å². The maximum Gasteiger partial charge on any atom is 0.139 e. The van der Waals surface area contributed by atoms with Crippen LogP contribution in [0.5, 0.6) is 0 Å². The van der Waals surface area contributed by atoms with E-state index in [1.54, 1.807) is 6.33 Å². The van der Waals surface area contributed by atoms with Crippen molar-refractivity contribution in [2.24, 2.45) is 0 Å². The summed E-state index contributed by atoms with van der Waals surface area (Å²) in [6.45, 7) is 9.24. The van der Waals surface area contributed by atoms with Gasteiger partial charge in [-0.05, 0) is 38.8 Å². The summed E-state index contributed by atoms with van der Waals surface area (Å²) in [5.41, 5.74) is 4.69. The van der Waals surface area contributed by atoms with E-state index in [0.29, 0.717) is 0 Å². The van der Waals surface area contributed by atoms with Gasteiger partial charge in [0.2, 0.25) is 0 Å². The lowest BCUT2D eigenvalue weighted by Gasteiger charge is -2.15. The molecule has 2 aromatic rings. The maximum atomic E-state index is 4.39. The SMILES string of the molecule is CCNc1ncnc(Nc2ccc(C)cc2C)c1CC. The summed E-state index contributed by atoms with van der Waals surface area (Å²) in [5, 5.41) is 6.71. The zero-order valence-corrected chi connectivity index (χ0v) is 12.6. The van der Waals surface area contributed by atoms with Gasteiger partial charge in [0.25, 0.3) is 0 Å². The van der Waals surface area contributed by atoms with Crippen molar-refractivity contribution >= 4 is 17.3 Å². The number of nitrogens with zero attached hydrogens (tertiary/aromatic N) is 2. The van der Waals surface area contributed by atoms with Gasteiger partial charge in [-0.25, -0.2) is 9.97 Å². The molecule has 1 aromatic carbocycles. The van der Waals surface area contributed by atoms with Crippen molar-refractivity contribution in [1.82, 2.24) is 9.97 Å². The molecule has 0 spiro atoms. The molecule has 0 atom stereocenters. The Morgan fingerprint density at radius 3 is 2.45 bits per heavy atom. The normalized spacial score (nSPS) is 10.4. The number of anilines is 3. The molecule has 0 saturated heterocycles. The lowest BCUT2D eigenvalue weighted by Crippen LogP contribution is -2.07. The predicted octanol–water partition coefficient (Wildman–Crippen LogP) is 3.83. The molecular formula is C16H22N4. The van der Waals surface area contributed by atoms with Crippen molar-refractivity contribution in [3.8, 4) is 0 Å². The van der Waals surface area contributed by atoms with E-state index in [2.05, 4.69) is 66.5 Å². The largest absolute Gasteiger partial charge is 0.370 e. The standard InChI is InChI=1S/C16H22N4/c1-5-13-15(17-6-2)18-10-19-16(13)20-14-8-7-11(3)9-12(14)4/h7-10H,5-6H2,1-4H3,(H2,17,18,19,20). The molecule has 0 bridgehead atoms. The monoisotopic (exact) mass is 270 g/mol. The zero-order valence-electron chi connectivity index (χ0n) is 12.6. The first-order valence-electron chi connectivity index (χ1n) is 7.07. The Hall–Kier alpha value is -2.10. The van der Waals surface area contributed by atoms with Gasteiger partial charge in [-0.15, -0.1) is 0 Å². The number of aromatic nitrogens is 2. The third kappa shape index (κ3) is 3.07. The maximum absolute atomic E-state index is 4.39. The first-order chi connectivity index (χ1) is 9.65. The Kier molecular flexibility index (Phi) is 4.56. The van der Waals surface area contributed by atoms with Crippen molar-refractivity contribution in [3.63, 3.8) is 0 Å². The number of hydrogen-bond donors (Lipinski definition) is 2. The number of benzene rings is 1. The number of rotatable bonds is 5. The Bertz CT molecular complexity index is 593. The highest BCUT2D eigenvalue weighted by molar-refractivity contribution is 5.67. The van der Waals surface area contributed by atoms with Crippen LogP contribution in [-0.4, -0.2) is 16.5 Å². The summed E-state index contributed by atoms with van der Waals surface area (Å²) in [7, 11) is 0. The molecule has 106 valence electrons. The van der Waals surface area contributed by atoms with Crippen LogP contribution in [0.2, 0.25) is 0 Å². The van der Waals surface area contributed by atoms with E-state index in [9.17, 15) is 0 Å². The van der Waals surface area contributed by atoms with E-state index < -0.39 is 0 Å². The predicted molar refractivity (Wildman–Crippen MR) is 84.8 cm³/mol. The van der Waals surface area contributed by atoms with Gasteiger partial charge in [-0.2, -0.15) is 0 Å². The summed E-state index contributed by atoms with van der Waals surface area (Å²) in [6.07, 6.45) is 2.49. The Morgan fingerprint density at radius 1 is 1.05 bits per heavy atom. The molecule has 0 radical (unpaired) electrons. The van der Waals surface area contributed by atoms with Gasteiger partial charge in [0.05, 0.1) is 0 Å². The topological polar surface area (TPSA) is 49.8 Å². The molecule has 1 heterocycles. The molecular weight excluding hydrogens is 248 g/mol. The molecule has 20 heavy (non-hydrogen) atoms. The summed E-state index contributed by atoms with van der Waals surface area (Å²) in [6, 6.07) is 6.37. The molecule has 0 unspecified atom stereocenters. The number of hydrogen-bond acceptors (Lipinski definition) is 4. The van der Waals surface area contributed by atoms with Gasteiger partial charge in [-0.1, -0.05) is 24.6 Å². The van der Waals surface area contributed by atoms with Gasteiger partial charge in [-0.3, -0.25) is 0 Å². The van der Waals surface area contributed by atoms with E-state index in [-0.39, 0.29) is 0 Å². The lowest BCUT2D eigenvalue weighted by molar-refractivity contribution is 1.03. The van der Waals surface area contributed by atoms with Crippen molar-refractivity contribution in [3.05, 3.63) is 41.2 Å². The first kappa shape index (κ1) is 14.3. The van der Waals surface area contributed by atoms with Gasteiger partial charge >= 0.3 is 0 Å². The average molecular weight is 270 g/mol. The smallest absolute Gasteiger partial charge is 0.139 e. The molecule has 2 N–H and O–H groups in total. The number of aryl methyl sites for hydroxylation is 2. The van der Waals surface area contributed by atoms with Crippen molar-refractivity contribution in [2.45, 2.75) is 34.1 Å². The highest BCUT2D eigenvalue weighted by Gasteiger charge is 2.10. The van der Waals surface area contributed by atoms with E-state index >= 15 is 0 Å². The summed E-state index contributed by atoms with van der Waals surface area (Å²) < 4.78 is 0. The van der Waals surface area contributed by atoms with Crippen molar-refractivity contribution < 1.29 is 0 Å².